The number of carbonyl (C=O) groups excluding carboxylic acids is 1. The number of benzene rings is 3. The molecule has 0 radical (unpaired) electrons. The van der Waals surface area contributed by atoms with Gasteiger partial charge in [0.05, 0.1) is 11.0 Å². The molecule has 32 heavy (non-hydrogen) atoms. The van der Waals surface area contributed by atoms with E-state index in [9.17, 15) is 20.0 Å². The van der Waals surface area contributed by atoms with Crippen LogP contribution in [0.4, 0.5) is 11.4 Å². The van der Waals surface area contributed by atoms with Gasteiger partial charge in [-0.2, -0.15) is 0 Å². The number of ketones is 1. The summed E-state index contributed by atoms with van der Waals surface area (Å²) < 4.78 is 0.467. The zero-order chi connectivity index (χ0) is 22.8. The van der Waals surface area contributed by atoms with Crippen molar-refractivity contribution in [3.8, 4) is 5.75 Å². The van der Waals surface area contributed by atoms with Gasteiger partial charge in [0.15, 0.2) is 11.5 Å². The number of Topliss-reactive ketones (excluding diaryl/α,β-unsaturated/α-hetero) is 1. The highest BCUT2D eigenvalue weighted by Crippen LogP contribution is 2.53. The Morgan fingerprint density at radius 1 is 1.16 bits per heavy atom. The Bertz CT molecular complexity index is 1360. The fraction of sp³-hybridized carbons (Fsp3) is 0.240. The second-order valence-corrected chi connectivity index (χ2v) is 10.2. The molecule has 0 amide bonds. The number of rotatable bonds is 2. The fourth-order valence-corrected chi connectivity index (χ4v) is 5.50. The number of hydrogen-bond donors (Lipinski definition) is 2. The molecule has 0 saturated carbocycles. The monoisotopic (exact) mass is 492 g/mol. The smallest absolute Gasteiger partial charge is 0.312 e. The Balaban J connectivity index is 1.82. The molecule has 2 N–H and O–H groups in total. The summed E-state index contributed by atoms with van der Waals surface area (Å²) in [5, 5.41) is 27.9. The van der Waals surface area contributed by atoms with Crippen LogP contribution in [0.15, 0.2) is 58.6 Å². The van der Waals surface area contributed by atoms with Gasteiger partial charge >= 0.3 is 5.69 Å². The first-order valence-corrected chi connectivity index (χ1v) is 11.2. The first-order chi connectivity index (χ1) is 15.2. The molecule has 3 aromatic rings. The van der Waals surface area contributed by atoms with Gasteiger partial charge in [-0.15, -0.1) is 0 Å². The largest absolute Gasteiger partial charge is 0.502 e. The molecular weight excluding hydrogens is 472 g/mol. The molecule has 7 heteroatoms. The van der Waals surface area contributed by atoms with Crippen LogP contribution in [0, 0.1) is 15.5 Å². The summed E-state index contributed by atoms with van der Waals surface area (Å²) in [7, 11) is 0. The Kier molecular flexibility index (Phi) is 4.64. The average Bonchev–Trinajstić information content (AvgIpc) is 2.73. The van der Waals surface area contributed by atoms with Crippen molar-refractivity contribution in [2.45, 2.75) is 32.7 Å². The second-order valence-electron chi connectivity index (χ2n) is 9.24. The molecular formula is C25H21BrN2O4. The molecule has 0 aromatic heterocycles. The zero-order valence-electron chi connectivity index (χ0n) is 17.6. The van der Waals surface area contributed by atoms with Crippen LogP contribution in [-0.4, -0.2) is 15.8 Å². The first kappa shape index (κ1) is 20.7. The third-order valence-corrected chi connectivity index (χ3v) is 6.79. The van der Waals surface area contributed by atoms with Crippen LogP contribution in [-0.2, 0) is 4.79 Å². The molecule has 5 rings (SSSR count). The van der Waals surface area contributed by atoms with Gasteiger partial charge in [-0.05, 0) is 40.3 Å². The third-order valence-electron chi connectivity index (χ3n) is 6.33. The van der Waals surface area contributed by atoms with Crippen molar-refractivity contribution in [2.24, 2.45) is 5.41 Å². The molecule has 1 aliphatic carbocycles. The lowest BCUT2D eigenvalue weighted by molar-refractivity contribution is -0.386. The molecule has 0 spiro atoms. The van der Waals surface area contributed by atoms with Gasteiger partial charge < -0.3 is 10.4 Å². The van der Waals surface area contributed by atoms with Crippen LogP contribution in [0.5, 0.6) is 5.75 Å². The van der Waals surface area contributed by atoms with Crippen molar-refractivity contribution in [2.75, 3.05) is 5.32 Å². The summed E-state index contributed by atoms with van der Waals surface area (Å²) in [6.07, 6.45) is 1.07. The summed E-state index contributed by atoms with van der Waals surface area (Å²) >= 11 is 3.32. The van der Waals surface area contributed by atoms with Crippen molar-refractivity contribution in [3.05, 3.63) is 79.8 Å². The number of phenolic OH excluding ortho intramolecular Hbond substituents is 1. The first-order valence-electron chi connectivity index (χ1n) is 10.4. The van der Waals surface area contributed by atoms with Gasteiger partial charge in [-0.3, -0.25) is 14.9 Å². The van der Waals surface area contributed by atoms with Crippen LogP contribution in [0.2, 0.25) is 0 Å². The van der Waals surface area contributed by atoms with Crippen molar-refractivity contribution in [1.82, 2.24) is 0 Å². The molecule has 1 heterocycles. The summed E-state index contributed by atoms with van der Waals surface area (Å²) in [5.74, 6) is -0.432. The minimum atomic E-state index is -0.682. The number of nitrogens with zero attached hydrogens (tertiary/aromatic N) is 1. The molecule has 1 unspecified atom stereocenters. The van der Waals surface area contributed by atoms with Gasteiger partial charge in [0.25, 0.3) is 0 Å². The molecule has 6 nitrogen and oxygen atoms in total. The van der Waals surface area contributed by atoms with Crippen LogP contribution in [0.3, 0.4) is 0 Å². The molecule has 1 aliphatic heterocycles. The summed E-state index contributed by atoms with van der Waals surface area (Å²) in [6.45, 7) is 4.16. The van der Waals surface area contributed by atoms with Crippen LogP contribution >= 0.6 is 15.9 Å². The Morgan fingerprint density at radius 2 is 1.91 bits per heavy atom. The standard InChI is InChI=1S/C25H21BrN2O4/c1-25(2)11-17-21-15-6-4-3-5-13(15)7-8-18(21)27-23(22(17)20(29)12-25)16-9-14(26)10-19(24(16)30)28(31)32/h3-10,23,27,30H,11-12H2,1-2H3. The summed E-state index contributed by atoms with van der Waals surface area (Å²) in [5.41, 5.74) is 3.08. The number of nitrogens with one attached hydrogen (secondary N) is 1. The van der Waals surface area contributed by atoms with E-state index < -0.39 is 22.4 Å². The molecule has 0 saturated heterocycles. The maximum absolute atomic E-state index is 13.5. The number of halogens is 1. The quantitative estimate of drug-likeness (QED) is 0.313. The Labute approximate surface area is 193 Å². The normalized spacial score (nSPS) is 19.3. The highest BCUT2D eigenvalue weighted by atomic mass is 79.9. The number of phenols is 1. The van der Waals surface area contributed by atoms with E-state index in [-0.39, 0.29) is 11.2 Å². The van der Waals surface area contributed by atoms with E-state index in [2.05, 4.69) is 35.1 Å². The number of nitro benzene ring substituents is 1. The lowest BCUT2D eigenvalue weighted by atomic mass is 9.67. The molecule has 1 atom stereocenters. The van der Waals surface area contributed by atoms with Crippen molar-refractivity contribution >= 4 is 49.4 Å². The molecule has 3 aromatic carbocycles. The average molecular weight is 493 g/mol. The predicted octanol–water partition coefficient (Wildman–Crippen LogP) is 6.53. The van der Waals surface area contributed by atoms with Crippen molar-refractivity contribution in [3.63, 3.8) is 0 Å². The number of aromatic hydroxyl groups is 1. The Morgan fingerprint density at radius 3 is 2.66 bits per heavy atom. The minimum Gasteiger partial charge on any atom is -0.502 e. The van der Waals surface area contributed by atoms with E-state index in [1.165, 1.54) is 6.07 Å². The van der Waals surface area contributed by atoms with Crippen molar-refractivity contribution in [1.29, 1.82) is 0 Å². The summed E-state index contributed by atoms with van der Waals surface area (Å²) in [4.78, 5) is 24.4. The SMILES string of the molecule is CC1(C)CC(=O)C2=C(C1)c1c(ccc3ccccc13)NC2c1cc(Br)cc([N+](=O)[O-])c1O. The highest BCUT2D eigenvalue weighted by molar-refractivity contribution is 9.10. The third kappa shape index (κ3) is 3.19. The van der Waals surface area contributed by atoms with E-state index in [1.807, 2.05) is 36.4 Å². The molecule has 162 valence electrons. The topological polar surface area (TPSA) is 92.5 Å². The van der Waals surface area contributed by atoms with Crippen LogP contribution < -0.4 is 5.32 Å². The van der Waals surface area contributed by atoms with E-state index in [4.69, 9.17) is 0 Å². The van der Waals surface area contributed by atoms with Crippen LogP contribution in [0.1, 0.15) is 43.9 Å². The van der Waals surface area contributed by atoms with E-state index >= 15 is 0 Å². The zero-order valence-corrected chi connectivity index (χ0v) is 19.2. The maximum atomic E-state index is 13.5. The number of nitro groups is 1. The van der Waals surface area contributed by atoms with E-state index in [0.717, 1.165) is 27.6 Å². The van der Waals surface area contributed by atoms with Gasteiger partial charge in [0.2, 0.25) is 0 Å². The van der Waals surface area contributed by atoms with E-state index in [1.54, 1.807) is 6.07 Å². The second kappa shape index (κ2) is 7.17. The van der Waals surface area contributed by atoms with Crippen LogP contribution in [0.25, 0.3) is 16.3 Å². The molecule has 0 fully saturated rings. The van der Waals surface area contributed by atoms with Crippen molar-refractivity contribution < 1.29 is 14.8 Å². The number of hydrogen-bond acceptors (Lipinski definition) is 5. The Hall–Kier alpha value is -3.19. The number of carbonyl (C=O) groups is 1. The maximum Gasteiger partial charge on any atom is 0.312 e. The highest BCUT2D eigenvalue weighted by Gasteiger charge is 2.42. The van der Waals surface area contributed by atoms with Gasteiger partial charge in [0.1, 0.15) is 0 Å². The van der Waals surface area contributed by atoms with Gasteiger partial charge in [-0.25, -0.2) is 0 Å². The number of allylic oxidation sites excluding steroid dienone is 1. The number of anilines is 1. The lowest BCUT2D eigenvalue weighted by Gasteiger charge is -2.40. The predicted molar refractivity (Wildman–Crippen MR) is 128 cm³/mol. The molecule has 0 bridgehead atoms. The molecule has 2 aliphatic rings. The number of fused-ring (bicyclic) bond motifs is 4. The van der Waals surface area contributed by atoms with Gasteiger partial charge in [-0.1, -0.05) is 60.1 Å². The van der Waals surface area contributed by atoms with E-state index in [0.29, 0.717) is 28.5 Å². The fourth-order valence-electron chi connectivity index (χ4n) is 5.04. The lowest BCUT2D eigenvalue weighted by Crippen LogP contribution is -2.33. The minimum absolute atomic E-state index is 0.00522. The summed E-state index contributed by atoms with van der Waals surface area (Å²) in [6, 6.07) is 14.3. The van der Waals surface area contributed by atoms with Gasteiger partial charge in [0, 0.05) is 39.3 Å².